The SMILES string of the molecule is CS(=O)(=O)c1ccc(CN2CCC3(CCN(CC[C@H](N)c4ccccc4)CC3)C2=O)cc1.Cl.Cl.Cl. The van der Waals surface area contributed by atoms with Crippen molar-refractivity contribution in [3.8, 4) is 0 Å². The first-order chi connectivity index (χ1) is 15.3. The van der Waals surface area contributed by atoms with E-state index in [1.807, 2.05) is 35.2 Å². The summed E-state index contributed by atoms with van der Waals surface area (Å²) in [5.41, 5.74) is 8.26. The second-order valence-electron chi connectivity index (χ2n) is 9.32. The van der Waals surface area contributed by atoms with Gasteiger partial charge in [-0.25, -0.2) is 8.42 Å². The lowest BCUT2D eigenvalue weighted by Crippen LogP contribution is -2.45. The maximum absolute atomic E-state index is 13.3. The molecule has 2 fully saturated rings. The van der Waals surface area contributed by atoms with Gasteiger partial charge in [0, 0.05) is 25.4 Å². The van der Waals surface area contributed by atoms with Gasteiger partial charge in [0.05, 0.1) is 10.3 Å². The van der Waals surface area contributed by atoms with E-state index in [-0.39, 0.29) is 54.6 Å². The molecule has 1 amide bonds. The van der Waals surface area contributed by atoms with Crippen molar-refractivity contribution in [2.45, 2.75) is 43.2 Å². The number of nitrogens with zero attached hydrogens (tertiary/aromatic N) is 2. The van der Waals surface area contributed by atoms with Crippen molar-refractivity contribution >= 4 is 53.0 Å². The molecule has 0 aromatic heterocycles. The van der Waals surface area contributed by atoms with E-state index in [0.717, 1.165) is 57.4 Å². The lowest BCUT2D eigenvalue weighted by atomic mass is 9.77. The average molecular weight is 565 g/mol. The van der Waals surface area contributed by atoms with E-state index in [1.54, 1.807) is 12.1 Å². The minimum absolute atomic E-state index is 0. The van der Waals surface area contributed by atoms with Crippen LogP contribution in [-0.2, 0) is 21.2 Å². The number of carbonyl (C=O) groups is 1. The fourth-order valence-corrected chi connectivity index (χ4v) is 5.59. The van der Waals surface area contributed by atoms with E-state index in [4.69, 9.17) is 5.73 Å². The quantitative estimate of drug-likeness (QED) is 0.543. The number of carbonyl (C=O) groups excluding carboxylic acids is 1. The first kappa shape index (κ1) is 31.7. The molecule has 0 radical (unpaired) electrons. The zero-order chi connectivity index (χ0) is 22.8. The molecule has 6 nitrogen and oxygen atoms in total. The second kappa shape index (κ2) is 13.3. The van der Waals surface area contributed by atoms with Crippen molar-refractivity contribution < 1.29 is 13.2 Å². The van der Waals surface area contributed by atoms with Crippen LogP contribution in [0.15, 0.2) is 59.5 Å². The van der Waals surface area contributed by atoms with Gasteiger partial charge in [-0.3, -0.25) is 4.79 Å². The summed E-state index contributed by atoms with van der Waals surface area (Å²) in [4.78, 5) is 18.0. The summed E-state index contributed by atoms with van der Waals surface area (Å²) < 4.78 is 23.3. The molecule has 2 saturated heterocycles. The van der Waals surface area contributed by atoms with Crippen LogP contribution in [0.5, 0.6) is 0 Å². The molecule has 0 unspecified atom stereocenters. The number of hydrogen-bond acceptors (Lipinski definition) is 5. The lowest BCUT2D eigenvalue weighted by Gasteiger charge is -2.38. The third kappa shape index (κ3) is 7.57. The molecule has 10 heteroatoms. The van der Waals surface area contributed by atoms with Gasteiger partial charge in [0.15, 0.2) is 9.84 Å². The molecule has 196 valence electrons. The number of hydrogen-bond donors (Lipinski definition) is 1. The normalized spacial score (nSPS) is 18.3. The minimum atomic E-state index is -3.20. The maximum atomic E-state index is 13.3. The molecular weight excluding hydrogens is 529 g/mol. The summed E-state index contributed by atoms with van der Waals surface area (Å²) >= 11 is 0. The fraction of sp³-hybridized carbons (Fsp3) is 0.480. The van der Waals surface area contributed by atoms with E-state index in [9.17, 15) is 13.2 Å². The summed E-state index contributed by atoms with van der Waals surface area (Å²) in [6.45, 7) is 4.14. The summed E-state index contributed by atoms with van der Waals surface area (Å²) in [6.07, 6.45) is 4.83. The average Bonchev–Trinajstić information content (AvgIpc) is 3.08. The summed E-state index contributed by atoms with van der Waals surface area (Å²) in [6, 6.07) is 17.1. The van der Waals surface area contributed by atoms with Crippen molar-refractivity contribution in [2.24, 2.45) is 11.1 Å². The van der Waals surface area contributed by atoms with Crippen LogP contribution in [0.2, 0.25) is 0 Å². The van der Waals surface area contributed by atoms with Gasteiger partial charge in [-0.15, -0.1) is 37.2 Å². The topological polar surface area (TPSA) is 83.7 Å². The van der Waals surface area contributed by atoms with Gasteiger partial charge in [-0.2, -0.15) is 0 Å². The smallest absolute Gasteiger partial charge is 0.229 e. The maximum Gasteiger partial charge on any atom is 0.229 e. The van der Waals surface area contributed by atoms with Crippen LogP contribution in [0.1, 0.15) is 42.9 Å². The highest BCUT2D eigenvalue weighted by atomic mass is 35.5. The third-order valence-electron chi connectivity index (χ3n) is 7.12. The van der Waals surface area contributed by atoms with Gasteiger partial charge in [0.1, 0.15) is 0 Å². The minimum Gasteiger partial charge on any atom is -0.338 e. The highest BCUT2D eigenvalue weighted by Gasteiger charge is 2.47. The third-order valence-corrected chi connectivity index (χ3v) is 8.25. The number of benzene rings is 2. The molecule has 4 rings (SSSR count). The summed E-state index contributed by atoms with van der Waals surface area (Å²) in [5, 5.41) is 0. The number of halogens is 3. The van der Waals surface area contributed by atoms with Gasteiger partial charge >= 0.3 is 0 Å². The number of amides is 1. The number of sulfone groups is 1. The predicted molar refractivity (Wildman–Crippen MR) is 147 cm³/mol. The zero-order valence-electron chi connectivity index (χ0n) is 20.0. The highest BCUT2D eigenvalue weighted by Crippen LogP contribution is 2.42. The number of nitrogens with two attached hydrogens (primary N) is 1. The fourth-order valence-electron chi connectivity index (χ4n) is 4.96. The van der Waals surface area contributed by atoms with Crippen LogP contribution in [0.4, 0.5) is 0 Å². The molecule has 2 aromatic carbocycles. The predicted octanol–water partition coefficient (Wildman–Crippen LogP) is 4.26. The molecule has 2 heterocycles. The zero-order valence-corrected chi connectivity index (χ0v) is 23.2. The molecule has 35 heavy (non-hydrogen) atoms. The van der Waals surface area contributed by atoms with E-state index < -0.39 is 9.84 Å². The summed E-state index contributed by atoms with van der Waals surface area (Å²) in [5.74, 6) is 0.255. The Labute approximate surface area is 227 Å². The Morgan fingerprint density at radius 2 is 1.49 bits per heavy atom. The van der Waals surface area contributed by atoms with Crippen LogP contribution < -0.4 is 5.73 Å². The van der Waals surface area contributed by atoms with E-state index in [1.165, 1.54) is 11.8 Å². The largest absolute Gasteiger partial charge is 0.338 e. The van der Waals surface area contributed by atoms with Gasteiger partial charge in [-0.1, -0.05) is 42.5 Å². The Hall–Kier alpha value is -1.35. The van der Waals surface area contributed by atoms with Gasteiger partial charge in [0.2, 0.25) is 5.91 Å². The molecule has 2 N–H and O–H groups in total. The van der Waals surface area contributed by atoms with Gasteiger partial charge in [0.25, 0.3) is 0 Å². The molecule has 2 aliphatic heterocycles. The highest BCUT2D eigenvalue weighted by molar-refractivity contribution is 7.90. The Morgan fingerprint density at radius 3 is 2.06 bits per heavy atom. The van der Waals surface area contributed by atoms with Crippen molar-refractivity contribution in [3.05, 3.63) is 65.7 Å². The molecule has 1 spiro atoms. The van der Waals surface area contributed by atoms with Crippen LogP contribution in [0.25, 0.3) is 0 Å². The van der Waals surface area contributed by atoms with Crippen molar-refractivity contribution in [1.29, 1.82) is 0 Å². The summed E-state index contributed by atoms with van der Waals surface area (Å²) in [7, 11) is -3.20. The van der Waals surface area contributed by atoms with E-state index in [2.05, 4.69) is 17.0 Å². The number of likely N-dealkylation sites (tertiary alicyclic amines) is 2. The van der Waals surface area contributed by atoms with E-state index >= 15 is 0 Å². The standard InChI is InChI=1S/C25H33N3O3S.3ClH/c1-32(30,31)22-9-7-20(8-10-22)19-28-18-14-25(24(28)29)12-16-27(17-13-25)15-11-23(26)21-5-3-2-4-6-21;;;/h2-10,23H,11-19,26H2,1H3;3*1H/t23-;;;/m0.../s1. The van der Waals surface area contributed by atoms with Crippen LogP contribution in [-0.4, -0.2) is 56.6 Å². The Balaban J connectivity index is 0.00000204. The molecule has 0 saturated carbocycles. The molecule has 0 bridgehead atoms. The van der Waals surface area contributed by atoms with Crippen LogP contribution >= 0.6 is 37.2 Å². The van der Waals surface area contributed by atoms with Crippen molar-refractivity contribution in [2.75, 3.05) is 32.4 Å². The molecular formula is C25H36Cl3N3O3S. The van der Waals surface area contributed by atoms with Crippen molar-refractivity contribution in [3.63, 3.8) is 0 Å². The van der Waals surface area contributed by atoms with Crippen LogP contribution in [0, 0.1) is 5.41 Å². The van der Waals surface area contributed by atoms with Gasteiger partial charge in [-0.05, 0) is 68.6 Å². The van der Waals surface area contributed by atoms with Gasteiger partial charge < -0.3 is 15.5 Å². The van der Waals surface area contributed by atoms with Crippen LogP contribution in [0.3, 0.4) is 0 Å². The Bertz CT molecular complexity index is 1040. The first-order valence-corrected chi connectivity index (χ1v) is 13.3. The number of piperidine rings is 1. The first-order valence-electron chi connectivity index (χ1n) is 11.4. The monoisotopic (exact) mass is 563 g/mol. The molecule has 2 aromatic rings. The lowest BCUT2D eigenvalue weighted by molar-refractivity contribution is -0.138. The van der Waals surface area contributed by atoms with Crippen molar-refractivity contribution in [1.82, 2.24) is 9.80 Å². The molecule has 2 aliphatic rings. The molecule has 0 aliphatic carbocycles. The van der Waals surface area contributed by atoms with E-state index in [0.29, 0.717) is 11.4 Å². The number of rotatable bonds is 7. The Kier molecular flexibility index (Phi) is 12.0. The Morgan fingerprint density at radius 1 is 0.914 bits per heavy atom. The second-order valence-corrected chi connectivity index (χ2v) is 11.3. The molecule has 1 atom stereocenters.